The summed E-state index contributed by atoms with van der Waals surface area (Å²) in [5, 5.41) is 3.01. The number of nitrogens with two attached hydrogens (primary N) is 1. The first-order chi connectivity index (χ1) is 2.41. The van der Waals surface area contributed by atoms with Crippen LogP contribution in [0, 0.1) is 0 Å². The molecule has 0 fully saturated rings. The smallest absolute Gasteiger partial charge is 0.118 e. The summed E-state index contributed by atoms with van der Waals surface area (Å²) < 4.78 is 2.18. The molecule has 3 nitrogen and oxygen atoms in total. The first-order valence-electron chi connectivity index (χ1n) is 1.01. The summed E-state index contributed by atoms with van der Waals surface area (Å²) in [7, 11) is 0. The molecule has 0 saturated heterocycles. The summed E-state index contributed by atoms with van der Waals surface area (Å²) >= 11 is 4.17. The third-order valence-corrected chi connectivity index (χ3v) is 0.233. The quantitative estimate of drug-likeness (QED) is 0.199. The number of hydrazone groups is 1. The van der Waals surface area contributed by atoms with Crippen molar-refractivity contribution in [2.45, 2.75) is 0 Å². The topological polar surface area (TPSA) is 50.4 Å². The van der Waals surface area contributed by atoms with E-state index in [9.17, 15) is 0 Å². The Balaban J connectivity index is 2.62. The molecule has 5 heavy (non-hydrogen) atoms. The molecule has 0 bridgehead atoms. The summed E-state index contributed by atoms with van der Waals surface area (Å²) in [6.45, 7) is 0. The zero-order valence-electron chi connectivity index (χ0n) is 2.51. The van der Waals surface area contributed by atoms with Gasteiger partial charge in [0.05, 0.1) is 0 Å². The van der Waals surface area contributed by atoms with E-state index < -0.39 is 0 Å². The van der Waals surface area contributed by atoms with Gasteiger partial charge in [-0.3, -0.25) is 0 Å². The third kappa shape index (κ3) is 3.62. The summed E-state index contributed by atoms with van der Waals surface area (Å²) in [5.74, 6) is 4.58. The summed E-state index contributed by atoms with van der Waals surface area (Å²) in [5.41, 5.74) is 0. The van der Waals surface area contributed by atoms with Crippen LogP contribution < -0.4 is 10.6 Å². The number of nitrogens with zero attached hydrogens (tertiary/aromatic N) is 1. The van der Waals surface area contributed by atoms with Gasteiger partial charge in [-0.2, -0.15) is 5.10 Å². The standard InChI is InChI=1S/CH4N3S/c2-3-1-4-5/h1H,2H2,(H,3,4). The van der Waals surface area contributed by atoms with E-state index in [0.717, 1.165) is 0 Å². The zero-order chi connectivity index (χ0) is 4.12. The van der Waals surface area contributed by atoms with Crippen molar-refractivity contribution in [3.63, 3.8) is 0 Å². The SMILES string of the molecule is NN=CN[S]. The van der Waals surface area contributed by atoms with Crippen LogP contribution in [0.25, 0.3) is 0 Å². The van der Waals surface area contributed by atoms with Crippen molar-refractivity contribution in [2.24, 2.45) is 10.9 Å². The van der Waals surface area contributed by atoms with Gasteiger partial charge in [0.25, 0.3) is 0 Å². The van der Waals surface area contributed by atoms with E-state index in [1.54, 1.807) is 0 Å². The molecule has 0 aromatic rings. The fourth-order valence-electron chi connectivity index (χ4n) is 0.0304. The highest BCUT2D eigenvalue weighted by Crippen LogP contribution is 1.44. The van der Waals surface area contributed by atoms with Crippen molar-refractivity contribution < 1.29 is 0 Å². The van der Waals surface area contributed by atoms with E-state index in [1.165, 1.54) is 6.34 Å². The molecule has 4 heteroatoms. The lowest BCUT2D eigenvalue weighted by molar-refractivity contribution is 1.24. The van der Waals surface area contributed by atoms with Crippen LogP contribution in [0.1, 0.15) is 0 Å². The molecule has 0 aliphatic carbocycles. The summed E-state index contributed by atoms with van der Waals surface area (Å²) in [6, 6.07) is 0. The van der Waals surface area contributed by atoms with E-state index in [0.29, 0.717) is 0 Å². The van der Waals surface area contributed by atoms with Crippen molar-refractivity contribution >= 4 is 19.2 Å². The predicted octanol–water partition coefficient (Wildman–Crippen LogP) is -0.410. The van der Waals surface area contributed by atoms with Crippen LogP contribution in [-0.4, -0.2) is 6.34 Å². The van der Waals surface area contributed by atoms with E-state index in [-0.39, 0.29) is 0 Å². The molecule has 1 radical (unpaired) electrons. The van der Waals surface area contributed by atoms with E-state index in [4.69, 9.17) is 0 Å². The maximum absolute atomic E-state index is 4.58. The van der Waals surface area contributed by atoms with Crippen molar-refractivity contribution in [1.29, 1.82) is 0 Å². The molecule has 0 atom stereocenters. The molecule has 0 spiro atoms. The zero-order valence-corrected chi connectivity index (χ0v) is 3.33. The predicted molar refractivity (Wildman–Crippen MR) is 23.4 cm³/mol. The molecular weight excluding hydrogens is 86.1 g/mol. The average Bonchev–Trinajstić information content (AvgIpc) is 1.41. The minimum Gasteiger partial charge on any atom is -0.322 e. The maximum Gasteiger partial charge on any atom is 0.118 e. The third-order valence-electron chi connectivity index (χ3n) is 0.127. The second kappa shape index (κ2) is 3.62. The van der Waals surface area contributed by atoms with Crippen LogP contribution in [0.15, 0.2) is 5.10 Å². The molecule has 0 unspecified atom stereocenters. The molecule has 0 aromatic carbocycles. The lowest BCUT2D eigenvalue weighted by Gasteiger charge is -1.71. The van der Waals surface area contributed by atoms with Gasteiger partial charge in [-0.25, -0.2) is 0 Å². The molecule has 0 heterocycles. The highest BCUT2D eigenvalue weighted by Gasteiger charge is 1.49. The van der Waals surface area contributed by atoms with Crippen molar-refractivity contribution in [1.82, 2.24) is 4.72 Å². The second-order valence-corrected chi connectivity index (χ2v) is 0.632. The van der Waals surface area contributed by atoms with Gasteiger partial charge in [0, 0.05) is 12.8 Å². The first-order valence-corrected chi connectivity index (χ1v) is 1.42. The summed E-state index contributed by atoms with van der Waals surface area (Å²) in [4.78, 5) is 0. The second-order valence-electron chi connectivity index (χ2n) is 0.396. The van der Waals surface area contributed by atoms with E-state index in [1.807, 2.05) is 0 Å². The molecule has 0 aromatic heterocycles. The maximum atomic E-state index is 4.58. The number of rotatable bonds is 1. The fourth-order valence-corrected chi connectivity index (χ4v) is 0.0913. The van der Waals surface area contributed by atoms with Crippen LogP contribution in [0.5, 0.6) is 0 Å². The van der Waals surface area contributed by atoms with Gasteiger partial charge in [0.15, 0.2) is 0 Å². The van der Waals surface area contributed by atoms with Gasteiger partial charge >= 0.3 is 0 Å². The van der Waals surface area contributed by atoms with Gasteiger partial charge in [0.1, 0.15) is 6.34 Å². The van der Waals surface area contributed by atoms with Gasteiger partial charge in [-0.1, -0.05) is 0 Å². The highest BCUT2D eigenvalue weighted by atomic mass is 32.1. The minimum absolute atomic E-state index is 1.22. The monoisotopic (exact) mass is 90.0 g/mol. The molecule has 0 rings (SSSR count). The largest absolute Gasteiger partial charge is 0.322 e. The molecule has 0 amide bonds. The average molecular weight is 90.1 g/mol. The Morgan fingerprint density at radius 1 is 2.00 bits per heavy atom. The van der Waals surface area contributed by atoms with Gasteiger partial charge in [-0.05, 0) is 0 Å². The van der Waals surface area contributed by atoms with Crippen LogP contribution in [-0.2, 0) is 0 Å². The highest BCUT2D eigenvalue weighted by molar-refractivity contribution is 7.78. The molecule has 0 saturated carbocycles. The molecule has 0 aliphatic heterocycles. The van der Waals surface area contributed by atoms with Crippen molar-refractivity contribution in [2.75, 3.05) is 0 Å². The van der Waals surface area contributed by atoms with E-state index >= 15 is 0 Å². The van der Waals surface area contributed by atoms with Gasteiger partial charge < -0.3 is 10.6 Å². The minimum atomic E-state index is 1.22. The Morgan fingerprint density at radius 2 is 2.60 bits per heavy atom. The Hall–Kier alpha value is -0.380. The first kappa shape index (κ1) is 4.62. The lowest BCUT2D eigenvalue weighted by Crippen LogP contribution is -1.94. The summed E-state index contributed by atoms with van der Waals surface area (Å²) in [6.07, 6.45) is 1.22. The Labute approximate surface area is 35.8 Å². The lowest BCUT2D eigenvalue weighted by atomic mass is 11.4. The Kier molecular flexibility index (Phi) is 3.34. The van der Waals surface area contributed by atoms with Gasteiger partial charge in [0.2, 0.25) is 0 Å². The number of hydrogen-bond donors (Lipinski definition) is 2. The number of nitrogens with one attached hydrogen (secondary N) is 1. The van der Waals surface area contributed by atoms with Gasteiger partial charge in [-0.15, -0.1) is 0 Å². The van der Waals surface area contributed by atoms with E-state index in [2.05, 4.69) is 28.5 Å². The normalized spacial score (nSPS) is 9.00. The van der Waals surface area contributed by atoms with Crippen LogP contribution in [0.2, 0.25) is 0 Å². The number of hydrogen-bond acceptors (Lipinski definition) is 2. The molecule has 29 valence electrons. The Morgan fingerprint density at radius 3 is 2.60 bits per heavy atom. The van der Waals surface area contributed by atoms with Crippen molar-refractivity contribution in [3.05, 3.63) is 0 Å². The van der Waals surface area contributed by atoms with Crippen LogP contribution in [0.3, 0.4) is 0 Å². The van der Waals surface area contributed by atoms with Crippen LogP contribution in [0.4, 0.5) is 0 Å². The molecule has 3 N–H and O–H groups in total. The fraction of sp³-hybridized carbons (Fsp3) is 0. The molecule has 0 aliphatic rings. The van der Waals surface area contributed by atoms with Crippen molar-refractivity contribution in [3.8, 4) is 0 Å². The molecular formula is CH4N3S. The van der Waals surface area contributed by atoms with Crippen LogP contribution >= 0.6 is 12.8 Å². The Bertz CT molecular complexity index is 33.9.